The van der Waals surface area contributed by atoms with Crippen molar-refractivity contribution < 1.29 is 4.74 Å². The first-order valence-electron chi connectivity index (χ1n) is 7.98. The highest BCUT2D eigenvalue weighted by Crippen LogP contribution is 2.30. The van der Waals surface area contributed by atoms with Crippen molar-refractivity contribution in [1.82, 2.24) is 9.97 Å². The molecule has 0 aliphatic carbocycles. The van der Waals surface area contributed by atoms with Gasteiger partial charge in [-0.1, -0.05) is 36.7 Å². The molecule has 3 rings (SSSR count). The van der Waals surface area contributed by atoms with Gasteiger partial charge in [-0.15, -0.1) is 0 Å². The van der Waals surface area contributed by atoms with E-state index < -0.39 is 0 Å². The van der Waals surface area contributed by atoms with Gasteiger partial charge in [0.25, 0.3) is 0 Å². The third-order valence-corrected chi connectivity index (χ3v) is 3.96. The Morgan fingerprint density at radius 3 is 2.68 bits per heavy atom. The SMILES string of the molecule is CCc1ccccc1Nc1nccc(Nc2cc(Cl)ccc2OC)n1. The Kier molecular flexibility index (Phi) is 5.36. The standard InChI is InChI=1S/C19H19ClN4O/c1-3-13-6-4-5-7-15(13)23-19-21-11-10-18(24-19)22-16-12-14(20)8-9-17(16)25-2/h4-12H,3H2,1-2H3,(H2,21,22,23,24). The average molecular weight is 355 g/mol. The maximum Gasteiger partial charge on any atom is 0.229 e. The smallest absolute Gasteiger partial charge is 0.229 e. The molecule has 0 aliphatic rings. The Hall–Kier alpha value is -2.79. The first-order chi connectivity index (χ1) is 12.2. The van der Waals surface area contributed by atoms with Crippen molar-refractivity contribution in [2.24, 2.45) is 0 Å². The average Bonchev–Trinajstić information content (AvgIpc) is 2.63. The minimum Gasteiger partial charge on any atom is -0.495 e. The van der Waals surface area contributed by atoms with Gasteiger partial charge in [-0.05, 0) is 42.3 Å². The van der Waals surface area contributed by atoms with Gasteiger partial charge in [-0.3, -0.25) is 0 Å². The van der Waals surface area contributed by atoms with Gasteiger partial charge < -0.3 is 15.4 Å². The number of benzene rings is 2. The molecule has 6 heteroatoms. The molecule has 5 nitrogen and oxygen atoms in total. The van der Waals surface area contributed by atoms with Gasteiger partial charge >= 0.3 is 0 Å². The Morgan fingerprint density at radius 1 is 1.04 bits per heavy atom. The van der Waals surface area contributed by atoms with Crippen LogP contribution in [-0.2, 0) is 6.42 Å². The molecule has 2 aromatic carbocycles. The Labute approximate surface area is 152 Å². The number of methoxy groups -OCH3 is 1. The number of aromatic nitrogens is 2. The van der Waals surface area contributed by atoms with E-state index in [9.17, 15) is 0 Å². The fourth-order valence-electron chi connectivity index (χ4n) is 2.48. The zero-order valence-corrected chi connectivity index (χ0v) is 14.8. The Bertz CT molecular complexity index is 870. The predicted octanol–water partition coefficient (Wildman–Crippen LogP) is 5.19. The van der Waals surface area contributed by atoms with Crippen molar-refractivity contribution in [2.45, 2.75) is 13.3 Å². The zero-order chi connectivity index (χ0) is 17.6. The molecule has 0 saturated heterocycles. The van der Waals surface area contributed by atoms with Crippen LogP contribution in [-0.4, -0.2) is 17.1 Å². The van der Waals surface area contributed by atoms with Gasteiger partial charge in [0.05, 0.1) is 12.8 Å². The summed E-state index contributed by atoms with van der Waals surface area (Å²) in [5, 5.41) is 7.11. The van der Waals surface area contributed by atoms with Crippen molar-refractivity contribution in [3.63, 3.8) is 0 Å². The minimum atomic E-state index is 0.520. The molecule has 0 spiro atoms. The van der Waals surface area contributed by atoms with Gasteiger partial charge in [0.2, 0.25) is 5.95 Å². The Morgan fingerprint density at radius 2 is 1.88 bits per heavy atom. The molecule has 0 fully saturated rings. The highest BCUT2D eigenvalue weighted by atomic mass is 35.5. The number of hydrogen-bond donors (Lipinski definition) is 2. The number of nitrogens with one attached hydrogen (secondary N) is 2. The second kappa shape index (κ2) is 7.85. The van der Waals surface area contributed by atoms with E-state index in [0.717, 1.165) is 17.8 Å². The number of halogens is 1. The largest absolute Gasteiger partial charge is 0.495 e. The van der Waals surface area contributed by atoms with E-state index in [0.29, 0.717) is 22.5 Å². The molecule has 0 bridgehead atoms. The van der Waals surface area contributed by atoms with E-state index in [1.54, 1.807) is 31.5 Å². The molecule has 0 amide bonds. The molecule has 3 aromatic rings. The van der Waals surface area contributed by atoms with Crippen molar-refractivity contribution in [2.75, 3.05) is 17.7 Å². The van der Waals surface area contributed by atoms with Gasteiger partial charge in [0.1, 0.15) is 11.6 Å². The van der Waals surface area contributed by atoms with Crippen molar-refractivity contribution in [3.05, 3.63) is 65.3 Å². The first kappa shape index (κ1) is 17.0. The minimum absolute atomic E-state index is 0.520. The maximum absolute atomic E-state index is 6.07. The third-order valence-electron chi connectivity index (χ3n) is 3.72. The van der Waals surface area contributed by atoms with Gasteiger partial charge in [-0.2, -0.15) is 4.98 Å². The summed E-state index contributed by atoms with van der Waals surface area (Å²) >= 11 is 6.07. The summed E-state index contributed by atoms with van der Waals surface area (Å²) in [6, 6.07) is 15.3. The number of rotatable bonds is 6. The lowest BCUT2D eigenvalue weighted by atomic mass is 10.1. The molecule has 25 heavy (non-hydrogen) atoms. The molecular weight excluding hydrogens is 336 g/mol. The third kappa shape index (κ3) is 4.19. The summed E-state index contributed by atoms with van der Waals surface area (Å²) < 4.78 is 5.35. The molecular formula is C19H19ClN4O. The van der Waals surface area contributed by atoms with Crippen LogP contribution in [0.3, 0.4) is 0 Å². The Balaban J connectivity index is 1.84. The lowest BCUT2D eigenvalue weighted by molar-refractivity contribution is 0.417. The summed E-state index contributed by atoms with van der Waals surface area (Å²) in [6.07, 6.45) is 2.63. The summed E-state index contributed by atoms with van der Waals surface area (Å²) in [7, 11) is 1.61. The quantitative estimate of drug-likeness (QED) is 0.638. The van der Waals surface area contributed by atoms with Crippen molar-refractivity contribution in [3.8, 4) is 5.75 Å². The highest BCUT2D eigenvalue weighted by Gasteiger charge is 2.07. The van der Waals surface area contributed by atoms with Gasteiger partial charge in [0, 0.05) is 16.9 Å². The van der Waals surface area contributed by atoms with E-state index in [1.807, 2.05) is 24.3 Å². The number of ether oxygens (including phenoxy) is 1. The van der Waals surface area contributed by atoms with Crippen molar-refractivity contribution >= 4 is 34.7 Å². The van der Waals surface area contributed by atoms with E-state index in [-0.39, 0.29) is 0 Å². The molecule has 0 atom stereocenters. The molecule has 1 heterocycles. The number of hydrogen-bond acceptors (Lipinski definition) is 5. The van der Waals surface area contributed by atoms with E-state index in [4.69, 9.17) is 16.3 Å². The first-order valence-corrected chi connectivity index (χ1v) is 8.36. The number of para-hydroxylation sites is 1. The lowest BCUT2D eigenvalue weighted by Gasteiger charge is -2.13. The van der Waals surface area contributed by atoms with Crippen LogP contribution in [0.15, 0.2) is 54.7 Å². The molecule has 0 saturated carbocycles. The van der Waals surface area contributed by atoms with Crippen LogP contribution >= 0.6 is 11.6 Å². The normalized spacial score (nSPS) is 10.4. The topological polar surface area (TPSA) is 59.1 Å². The van der Waals surface area contributed by atoms with E-state index in [2.05, 4.69) is 33.6 Å². The van der Waals surface area contributed by atoms with Crippen LogP contribution in [0.1, 0.15) is 12.5 Å². The van der Waals surface area contributed by atoms with Crippen LogP contribution in [0.2, 0.25) is 5.02 Å². The van der Waals surface area contributed by atoms with Crippen LogP contribution < -0.4 is 15.4 Å². The van der Waals surface area contributed by atoms with Crippen LogP contribution in [0.4, 0.5) is 23.1 Å². The second-order valence-electron chi connectivity index (χ2n) is 5.37. The maximum atomic E-state index is 6.07. The molecule has 0 aliphatic heterocycles. The van der Waals surface area contributed by atoms with E-state index >= 15 is 0 Å². The molecule has 128 valence electrons. The molecule has 0 radical (unpaired) electrons. The number of aryl methyl sites for hydroxylation is 1. The van der Waals surface area contributed by atoms with Crippen LogP contribution in [0.5, 0.6) is 5.75 Å². The summed E-state index contributed by atoms with van der Waals surface area (Å²) in [5.74, 6) is 1.85. The van der Waals surface area contributed by atoms with Crippen LogP contribution in [0.25, 0.3) is 0 Å². The molecule has 1 aromatic heterocycles. The fourth-order valence-corrected chi connectivity index (χ4v) is 2.65. The lowest BCUT2D eigenvalue weighted by Crippen LogP contribution is -2.02. The number of anilines is 4. The zero-order valence-electron chi connectivity index (χ0n) is 14.1. The highest BCUT2D eigenvalue weighted by molar-refractivity contribution is 6.31. The van der Waals surface area contributed by atoms with Gasteiger partial charge in [0.15, 0.2) is 0 Å². The van der Waals surface area contributed by atoms with Crippen LogP contribution in [0, 0.1) is 0 Å². The summed E-state index contributed by atoms with van der Waals surface area (Å²) in [4.78, 5) is 8.80. The predicted molar refractivity (Wildman–Crippen MR) is 102 cm³/mol. The van der Waals surface area contributed by atoms with E-state index in [1.165, 1.54) is 5.56 Å². The fraction of sp³-hybridized carbons (Fsp3) is 0.158. The van der Waals surface area contributed by atoms with Gasteiger partial charge in [-0.25, -0.2) is 4.98 Å². The van der Waals surface area contributed by atoms with Crippen molar-refractivity contribution in [1.29, 1.82) is 0 Å². The number of nitrogens with zero attached hydrogens (tertiary/aromatic N) is 2. The molecule has 0 unspecified atom stereocenters. The molecule has 2 N–H and O–H groups in total. The monoisotopic (exact) mass is 354 g/mol. The second-order valence-corrected chi connectivity index (χ2v) is 5.81. The summed E-state index contributed by atoms with van der Waals surface area (Å²) in [6.45, 7) is 2.12. The summed E-state index contributed by atoms with van der Waals surface area (Å²) in [5.41, 5.74) is 2.96.